The van der Waals surface area contributed by atoms with Crippen molar-refractivity contribution in [1.82, 2.24) is 9.78 Å². The first-order valence-electron chi connectivity index (χ1n) is 7.07. The fraction of sp³-hybridized carbons (Fsp3) is 0.375. The van der Waals surface area contributed by atoms with Crippen molar-refractivity contribution in [3.8, 4) is 5.69 Å². The first-order chi connectivity index (χ1) is 9.76. The van der Waals surface area contributed by atoms with Gasteiger partial charge in [0.25, 0.3) is 0 Å². The Morgan fingerprint density at radius 2 is 2.00 bits per heavy atom. The van der Waals surface area contributed by atoms with Crippen molar-refractivity contribution in [2.45, 2.75) is 33.1 Å². The summed E-state index contributed by atoms with van der Waals surface area (Å²) in [7, 11) is 0. The second-order valence-corrected chi connectivity index (χ2v) is 4.59. The average Bonchev–Trinajstić information content (AvgIpc) is 2.90. The number of aromatic nitrogens is 2. The van der Waals surface area contributed by atoms with Gasteiger partial charge in [-0.05, 0) is 31.9 Å². The van der Waals surface area contributed by atoms with Crippen LogP contribution in [0.5, 0.6) is 0 Å². The SMILES string of the molecule is CCCCc1nn(-c2ccccc2)cc1C(=O)OCC. The number of rotatable bonds is 6. The molecule has 0 N–H and O–H groups in total. The quantitative estimate of drug-likeness (QED) is 0.757. The van der Waals surface area contributed by atoms with Crippen LogP contribution in [0.2, 0.25) is 0 Å². The molecule has 2 aromatic rings. The number of para-hydroxylation sites is 1. The fourth-order valence-electron chi connectivity index (χ4n) is 2.03. The Kier molecular flexibility index (Phi) is 4.93. The van der Waals surface area contributed by atoms with E-state index in [9.17, 15) is 4.79 Å². The highest BCUT2D eigenvalue weighted by molar-refractivity contribution is 5.90. The van der Waals surface area contributed by atoms with Crippen LogP contribution in [0.15, 0.2) is 36.5 Å². The van der Waals surface area contributed by atoms with Gasteiger partial charge < -0.3 is 4.74 Å². The normalized spacial score (nSPS) is 10.5. The fourth-order valence-corrected chi connectivity index (χ4v) is 2.03. The van der Waals surface area contributed by atoms with Crippen molar-refractivity contribution in [2.24, 2.45) is 0 Å². The molecule has 0 spiro atoms. The third kappa shape index (κ3) is 3.26. The summed E-state index contributed by atoms with van der Waals surface area (Å²) in [4.78, 5) is 12.0. The van der Waals surface area contributed by atoms with Crippen molar-refractivity contribution in [1.29, 1.82) is 0 Å². The van der Waals surface area contributed by atoms with E-state index in [0.29, 0.717) is 12.2 Å². The van der Waals surface area contributed by atoms with E-state index in [2.05, 4.69) is 12.0 Å². The van der Waals surface area contributed by atoms with Crippen LogP contribution >= 0.6 is 0 Å². The van der Waals surface area contributed by atoms with Crippen LogP contribution in [-0.2, 0) is 11.2 Å². The lowest BCUT2D eigenvalue weighted by Gasteiger charge is -2.00. The Bertz CT molecular complexity index is 561. The molecule has 1 aromatic heterocycles. The molecule has 0 unspecified atom stereocenters. The molecule has 0 fully saturated rings. The Morgan fingerprint density at radius 3 is 2.65 bits per heavy atom. The molecule has 0 amide bonds. The molecular formula is C16H20N2O2. The molecule has 0 aliphatic carbocycles. The number of aryl methyl sites for hydroxylation is 1. The van der Waals surface area contributed by atoms with E-state index < -0.39 is 0 Å². The standard InChI is InChI=1S/C16H20N2O2/c1-3-5-11-15-14(16(19)20-4-2)12-18(17-15)13-9-7-6-8-10-13/h6-10,12H,3-5,11H2,1-2H3. The molecule has 2 rings (SSSR count). The molecule has 0 atom stereocenters. The molecule has 0 aliphatic heterocycles. The Labute approximate surface area is 119 Å². The lowest BCUT2D eigenvalue weighted by molar-refractivity contribution is 0.0525. The van der Waals surface area contributed by atoms with Gasteiger partial charge in [-0.1, -0.05) is 31.5 Å². The average molecular weight is 272 g/mol. The number of nitrogens with zero attached hydrogens (tertiary/aromatic N) is 2. The van der Waals surface area contributed by atoms with E-state index in [1.807, 2.05) is 37.3 Å². The molecule has 0 saturated heterocycles. The zero-order valence-electron chi connectivity index (χ0n) is 12.0. The van der Waals surface area contributed by atoms with Gasteiger partial charge in [-0.3, -0.25) is 0 Å². The highest BCUT2D eigenvalue weighted by atomic mass is 16.5. The number of unbranched alkanes of at least 4 members (excludes halogenated alkanes) is 1. The molecule has 1 heterocycles. The predicted molar refractivity (Wildman–Crippen MR) is 78.1 cm³/mol. The molecule has 106 valence electrons. The van der Waals surface area contributed by atoms with Crippen molar-refractivity contribution in [3.05, 3.63) is 47.8 Å². The van der Waals surface area contributed by atoms with Gasteiger partial charge in [0, 0.05) is 6.20 Å². The number of hydrogen-bond acceptors (Lipinski definition) is 3. The van der Waals surface area contributed by atoms with Crippen molar-refractivity contribution < 1.29 is 9.53 Å². The summed E-state index contributed by atoms with van der Waals surface area (Å²) < 4.78 is 6.85. The third-order valence-electron chi connectivity index (χ3n) is 3.07. The van der Waals surface area contributed by atoms with Crippen LogP contribution in [0.4, 0.5) is 0 Å². The van der Waals surface area contributed by atoms with Gasteiger partial charge in [0.15, 0.2) is 0 Å². The summed E-state index contributed by atoms with van der Waals surface area (Å²) in [6.45, 7) is 4.31. The van der Waals surface area contributed by atoms with E-state index >= 15 is 0 Å². The highest BCUT2D eigenvalue weighted by Gasteiger charge is 2.17. The molecule has 0 aliphatic rings. The van der Waals surface area contributed by atoms with Gasteiger partial charge in [0.2, 0.25) is 0 Å². The molecule has 1 aromatic carbocycles. The lowest BCUT2D eigenvalue weighted by atomic mass is 10.1. The van der Waals surface area contributed by atoms with Crippen molar-refractivity contribution in [3.63, 3.8) is 0 Å². The van der Waals surface area contributed by atoms with Gasteiger partial charge in [-0.25, -0.2) is 9.48 Å². The molecule has 0 saturated carbocycles. The van der Waals surface area contributed by atoms with Gasteiger partial charge in [0.1, 0.15) is 5.56 Å². The predicted octanol–water partition coefficient (Wildman–Crippen LogP) is 3.39. The van der Waals surface area contributed by atoms with Gasteiger partial charge in [-0.15, -0.1) is 0 Å². The van der Waals surface area contributed by atoms with Crippen LogP contribution < -0.4 is 0 Å². The molecule has 0 bridgehead atoms. The number of benzene rings is 1. The van der Waals surface area contributed by atoms with Crippen LogP contribution in [0.3, 0.4) is 0 Å². The largest absolute Gasteiger partial charge is 0.462 e. The van der Waals surface area contributed by atoms with E-state index in [1.165, 1.54) is 0 Å². The molecule has 4 heteroatoms. The maximum Gasteiger partial charge on any atom is 0.341 e. The lowest BCUT2D eigenvalue weighted by Crippen LogP contribution is -2.06. The zero-order valence-corrected chi connectivity index (χ0v) is 12.0. The first kappa shape index (κ1) is 14.3. The van der Waals surface area contributed by atoms with E-state index in [4.69, 9.17) is 4.74 Å². The topological polar surface area (TPSA) is 44.1 Å². The van der Waals surface area contributed by atoms with E-state index in [-0.39, 0.29) is 5.97 Å². The highest BCUT2D eigenvalue weighted by Crippen LogP contribution is 2.15. The maximum atomic E-state index is 12.0. The summed E-state index contributed by atoms with van der Waals surface area (Å²) in [5.74, 6) is -0.291. The smallest absolute Gasteiger partial charge is 0.341 e. The second kappa shape index (κ2) is 6.89. The summed E-state index contributed by atoms with van der Waals surface area (Å²) in [6, 6.07) is 9.79. The number of carbonyl (C=O) groups excluding carboxylic acids is 1. The minimum atomic E-state index is -0.291. The summed E-state index contributed by atoms with van der Waals surface area (Å²) in [5, 5.41) is 4.54. The Balaban J connectivity index is 2.33. The monoisotopic (exact) mass is 272 g/mol. The Hall–Kier alpha value is -2.10. The molecular weight excluding hydrogens is 252 g/mol. The number of ether oxygens (including phenoxy) is 1. The minimum Gasteiger partial charge on any atom is -0.462 e. The summed E-state index contributed by atoms with van der Waals surface area (Å²) >= 11 is 0. The first-order valence-corrected chi connectivity index (χ1v) is 7.07. The summed E-state index contributed by atoms with van der Waals surface area (Å²) in [5.41, 5.74) is 2.33. The van der Waals surface area contributed by atoms with Gasteiger partial charge in [0.05, 0.1) is 18.0 Å². The Morgan fingerprint density at radius 1 is 1.25 bits per heavy atom. The molecule has 20 heavy (non-hydrogen) atoms. The zero-order chi connectivity index (χ0) is 14.4. The molecule has 4 nitrogen and oxygen atoms in total. The van der Waals surface area contributed by atoms with Crippen molar-refractivity contribution in [2.75, 3.05) is 6.61 Å². The van der Waals surface area contributed by atoms with Crippen LogP contribution in [0.25, 0.3) is 5.69 Å². The van der Waals surface area contributed by atoms with E-state index in [0.717, 1.165) is 30.6 Å². The summed E-state index contributed by atoms with van der Waals surface area (Å²) in [6.07, 6.45) is 4.64. The number of hydrogen-bond donors (Lipinski definition) is 0. The maximum absolute atomic E-state index is 12.0. The molecule has 0 radical (unpaired) electrons. The third-order valence-corrected chi connectivity index (χ3v) is 3.07. The van der Waals surface area contributed by atoms with Gasteiger partial charge >= 0.3 is 5.97 Å². The van der Waals surface area contributed by atoms with Gasteiger partial charge in [-0.2, -0.15) is 5.10 Å². The van der Waals surface area contributed by atoms with Crippen LogP contribution in [-0.4, -0.2) is 22.4 Å². The number of esters is 1. The van der Waals surface area contributed by atoms with Crippen LogP contribution in [0, 0.1) is 0 Å². The van der Waals surface area contributed by atoms with E-state index in [1.54, 1.807) is 10.9 Å². The van der Waals surface area contributed by atoms with Crippen LogP contribution in [0.1, 0.15) is 42.7 Å². The number of carbonyl (C=O) groups is 1. The second-order valence-electron chi connectivity index (χ2n) is 4.59. The minimum absolute atomic E-state index is 0.291. The van der Waals surface area contributed by atoms with Crippen molar-refractivity contribution >= 4 is 5.97 Å².